The Hall–Kier alpha value is -0.350. The molecule has 17 heavy (non-hydrogen) atoms. The lowest BCUT2D eigenvalue weighted by atomic mass is 10.1. The molecular weight excluding hydrogens is 262 g/mol. The molecule has 1 N–H and O–H groups in total. The van der Waals surface area contributed by atoms with Crippen LogP contribution in [0, 0.1) is 5.82 Å². The lowest BCUT2D eigenvalue weighted by molar-refractivity contribution is 0.185. The Bertz CT molecular complexity index is 347. The van der Waals surface area contributed by atoms with Gasteiger partial charge in [0.2, 0.25) is 0 Å². The van der Waals surface area contributed by atoms with Gasteiger partial charge in [-0.1, -0.05) is 11.6 Å². The van der Waals surface area contributed by atoms with Crippen molar-refractivity contribution in [3.63, 3.8) is 0 Å². The van der Waals surface area contributed by atoms with Gasteiger partial charge in [-0.05, 0) is 30.7 Å². The number of halogens is 3. The molecule has 1 atom stereocenters. The van der Waals surface area contributed by atoms with Crippen LogP contribution in [0.25, 0.3) is 0 Å². The lowest BCUT2D eigenvalue weighted by Crippen LogP contribution is -2.44. The van der Waals surface area contributed by atoms with Gasteiger partial charge in [0.05, 0.1) is 0 Å². The fourth-order valence-electron chi connectivity index (χ4n) is 2.10. The zero-order chi connectivity index (χ0) is 11.5. The maximum absolute atomic E-state index is 13.2. The molecule has 1 aliphatic rings. The number of nitrogens with zero attached hydrogens (tertiary/aromatic N) is 1. The molecule has 0 aromatic heterocycles. The van der Waals surface area contributed by atoms with E-state index >= 15 is 0 Å². The molecule has 0 amide bonds. The number of rotatable bonds is 2. The van der Waals surface area contributed by atoms with Gasteiger partial charge < -0.3 is 5.32 Å². The van der Waals surface area contributed by atoms with Crippen molar-refractivity contribution in [2.45, 2.75) is 13.0 Å². The van der Waals surface area contributed by atoms with E-state index in [0.717, 1.165) is 31.7 Å². The average molecular weight is 279 g/mol. The summed E-state index contributed by atoms with van der Waals surface area (Å²) in [6.45, 7) is 6.07. The van der Waals surface area contributed by atoms with Crippen molar-refractivity contribution in [1.29, 1.82) is 0 Å². The first kappa shape index (κ1) is 14.7. The summed E-state index contributed by atoms with van der Waals surface area (Å²) in [6, 6.07) is 4.97. The fraction of sp³-hybridized carbons (Fsp3) is 0.500. The number of benzene rings is 1. The number of nitrogens with one attached hydrogen (secondary N) is 1. The molecule has 1 aromatic carbocycles. The van der Waals surface area contributed by atoms with Crippen molar-refractivity contribution in [1.82, 2.24) is 10.2 Å². The molecule has 0 saturated carbocycles. The van der Waals surface area contributed by atoms with Gasteiger partial charge in [-0.25, -0.2) is 4.39 Å². The van der Waals surface area contributed by atoms with Crippen LogP contribution in [0.1, 0.15) is 18.5 Å². The third-order valence-electron chi connectivity index (χ3n) is 3.07. The van der Waals surface area contributed by atoms with E-state index in [0.29, 0.717) is 5.02 Å². The molecule has 5 heteroatoms. The summed E-state index contributed by atoms with van der Waals surface area (Å²) in [5.41, 5.74) is 0.951. The maximum Gasteiger partial charge on any atom is 0.125 e. The molecule has 0 spiro atoms. The second-order valence-electron chi connectivity index (χ2n) is 4.16. The minimum atomic E-state index is -0.260. The van der Waals surface area contributed by atoms with Crippen LogP contribution in [0.5, 0.6) is 0 Å². The van der Waals surface area contributed by atoms with E-state index in [4.69, 9.17) is 11.6 Å². The highest BCUT2D eigenvalue weighted by atomic mass is 35.5. The molecule has 96 valence electrons. The minimum absolute atomic E-state index is 0. The van der Waals surface area contributed by atoms with Gasteiger partial charge in [-0.3, -0.25) is 4.90 Å². The summed E-state index contributed by atoms with van der Waals surface area (Å²) in [5.74, 6) is -0.260. The van der Waals surface area contributed by atoms with Gasteiger partial charge in [0.1, 0.15) is 5.82 Å². The summed E-state index contributed by atoms with van der Waals surface area (Å²) in [5, 5.41) is 3.77. The predicted molar refractivity (Wildman–Crippen MR) is 71.5 cm³/mol. The SMILES string of the molecule is C[C@@H](c1cc(F)cc(Cl)c1)N1CCNCC1.Cl. The largest absolute Gasteiger partial charge is 0.314 e. The Labute approximate surface area is 113 Å². The second kappa shape index (κ2) is 6.55. The molecule has 2 rings (SSSR count). The van der Waals surface area contributed by atoms with E-state index in [1.165, 1.54) is 6.07 Å². The van der Waals surface area contributed by atoms with Crippen molar-refractivity contribution in [2.24, 2.45) is 0 Å². The van der Waals surface area contributed by atoms with Crippen molar-refractivity contribution < 1.29 is 4.39 Å². The Balaban J connectivity index is 0.00000144. The number of hydrogen-bond donors (Lipinski definition) is 1. The topological polar surface area (TPSA) is 15.3 Å². The Kier molecular flexibility index (Phi) is 5.67. The highest BCUT2D eigenvalue weighted by Gasteiger charge is 2.18. The maximum atomic E-state index is 13.2. The molecule has 2 nitrogen and oxygen atoms in total. The third-order valence-corrected chi connectivity index (χ3v) is 3.28. The van der Waals surface area contributed by atoms with E-state index in [2.05, 4.69) is 17.1 Å². The zero-order valence-electron chi connectivity index (χ0n) is 9.75. The first-order valence-corrected chi connectivity index (χ1v) is 5.95. The summed E-state index contributed by atoms with van der Waals surface area (Å²) in [6.07, 6.45) is 0. The first-order chi connectivity index (χ1) is 7.66. The van der Waals surface area contributed by atoms with Crippen LogP contribution >= 0.6 is 24.0 Å². The van der Waals surface area contributed by atoms with Gasteiger partial charge >= 0.3 is 0 Å². The summed E-state index contributed by atoms with van der Waals surface area (Å²) >= 11 is 5.86. The van der Waals surface area contributed by atoms with Crippen molar-refractivity contribution in [3.05, 3.63) is 34.6 Å². The molecule has 0 aliphatic carbocycles. The summed E-state index contributed by atoms with van der Waals surface area (Å²) in [4.78, 5) is 2.33. The summed E-state index contributed by atoms with van der Waals surface area (Å²) in [7, 11) is 0. The van der Waals surface area contributed by atoms with Crippen molar-refractivity contribution in [3.8, 4) is 0 Å². The monoisotopic (exact) mass is 278 g/mol. The summed E-state index contributed by atoms with van der Waals surface area (Å²) < 4.78 is 13.2. The van der Waals surface area contributed by atoms with Crippen molar-refractivity contribution >= 4 is 24.0 Å². The van der Waals surface area contributed by atoms with E-state index in [-0.39, 0.29) is 24.3 Å². The Morgan fingerprint density at radius 3 is 2.53 bits per heavy atom. The van der Waals surface area contributed by atoms with Crippen LogP contribution in [0.2, 0.25) is 5.02 Å². The van der Waals surface area contributed by atoms with E-state index in [1.807, 2.05) is 6.07 Å². The van der Waals surface area contributed by atoms with Gasteiger partial charge in [0, 0.05) is 37.2 Å². The van der Waals surface area contributed by atoms with Gasteiger partial charge in [0.15, 0.2) is 0 Å². The molecule has 1 fully saturated rings. The molecule has 0 bridgehead atoms. The first-order valence-electron chi connectivity index (χ1n) is 5.57. The van der Waals surface area contributed by atoms with Crippen LogP contribution in [0.3, 0.4) is 0 Å². The molecule has 0 unspecified atom stereocenters. The molecule has 0 radical (unpaired) electrons. The average Bonchev–Trinajstić information content (AvgIpc) is 2.28. The highest BCUT2D eigenvalue weighted by molar-refractivity contribution is 6.30. The molecular formula is C12H17Cl2FN2. The Morgan fingerprint density at radius 1 is 1.29 bits per heavy atom. The van der Waals surface area contributed by atoms with E-state index in [9.17, 15) is 4.39 Å². The van der Waals surface area contributed by atoms with Crippen LogP contribution < -0.4 is 5.32 Å². The predicted octanol–water partition coefficient (Wildman–Crippen LogP) is 2.87. The lowest BCUT2D eigenvalue weighted by Gasteiger charge is -2.33. The highest BCUT2D eigenvalue weighted by Crippen LogP contribution is 2.24. The standard InChI is InChI=1S/C12H16ClFN2.ClH/c1-9(16-4-2-15-3-5-16)10-6-11(13)8-12(14)7-10;/h6-9,15H,2-5H2,1H3;1H/t9-;/m0./s1. The van der Waals surface area contributed by atoms with Crippen molar-refractivity contribution in [2.75, 3.05) is 26.2 Å². The van der Waals surface area contributed by atoms with Gasteiger partial charge in [-0.2, -0.15) is 0 Å². The van der Waals surface area contributed by atoms with Gasteiger partial charge in [0.25, 0.3) is 0 Å². The minimum Gasteiger partial charge on any atom is -0.314 e. The van der Waals surface area contributed by atoms with Gasteiger partial charge in [-0.15, -0.1) is 12.4 Å². The zero-order valence-corrected chi connectivity index (χ0v) is 11.3. The molecule has 1 aromatic rings. The quantitative estimate of drug-likeness (QED) is 0.895. The molecule has 1 saturated heterocycles. The van der Waals surface area contributed by atoms with Crippen LogP contribution in [0.15, 0.2) is 18.2 Å². The molecule has 1 heterocycles. The molecule has 1 aliphatic heterocycles. The van der Waals surface area contributed by atoms with Crippen LogP contribution in [-0.4, -0.2) is 31.1 Å². The smallest absolute Gasteiger partial charge is 0.125 e. The van der Waals surface area contributed by atoms with E-state index < -0.39 is 0 Å². The van der Waals surface area contributed by atoms with E-state index in [1.54, 1.807) is 6.07 Å². The number of piperazine rings is 1. The second-order valence-corrected chi connectivity index (χ2v) is 4.60. The number of hydrogen-bond acceptors (Lipinski definition) is 2. The Morgan fingerprint density at radius 2 is 1.94 bits per heavy atom. The normalized spacial score (nSPS) is 18.5. The van der Waals surface area contributed by atoms with Crippen LogP contribution in [0.4, 0.5) is 4.39 Å². The third kappa shape index (κ3) is 3.81. The fourth-order valence-corrected chi connectivity index (χ4v) is 2.33. The van der Waals surface area contributed by atoms with Crippen LogP contribution in [-0.2, 0) is 0 Å².